The number of rotatable bonds is 5. The maximum Gasteiger partial charge on any atom is 0.224 e. The SMILES string of the molecule is C#CCNC(=O)CCOc1ccccc1Cl. The third-order valence-electron chi connectivity index (χ3n) is 1.81. The number of carbonyl (C=O) groups is 1. The van der Waals surface area contributed by atoms with Gasteiger partial charge in [0.25, 0.3) is 0 Å². The van der Waals surface area contributed by atoms with Crippen molar-refractivity contribution in [1.82, 2.24) is 5.32 Å². The van der Waals surface area contributed by atoms with Crippen LogP contribution in [-0.4, -0.2) is 19.1 Å². The number of benzene rings is 1. The lowest BCUT2D eigenvalue weighted by Crippen LogP contribution is -2.25. The van der Waals surface area contributed by atoms with Gasteiger partial charge in [-0.05, 0) is 12.1 Å². The second kappa shape index (κ2) is 6.76. The van der Waals surface area contributed by atoms with Gasteiger partial charge in [-0.15, -0.1) is 6.42 Å². The third-order valence-corrected chi connectivity index (χ3v) is 2.12. The molecule has 1 rings (SSSR count). The molecule has 0 bridgehead atoms. The Labute approximate surface area is 99.7 Å². The molecule has 0 spiro atoms. The number of ether oxygens (including phenoxy) is 1. The van der Waals surface area contributed by atoms with E-state index in [0.717, 1.165) is 0 Å². The lowest BCUT2D eigenvalue weighted by atomic mass is 10.3. The Hall–Kier alpha value is -1.66. The van der Waals surface area contributed by atoms with Crippen LogP contribution in [0.25, 0.3) is 0 Å². The molecule has 0 radical (unpaired) electrons. The second-order valence-corrected chi connectivity index (χ2v) is 3.42. The van der Waals surface area contributed by atoms with E-state index >= 15 is 0 Å². The number of nitrogens with one attached hydrogen (secondary N) is 1. The summed E-state index contributed by atoms with van der Waals surface area (Å²) >= 11 is 5.87. The maximum absolute atomic E-state index is 11.2. The summed E-state index contributed by atoms with van der Waals surface area (Å²) in [5.74, 6) is 2.77. The molecule has 0 aliphatic heterocycles. The number of para-hydroxylation sites is 1. The highest BCUT2D eigenvalue weighted by Gasteiger charge is 2.02. The summed E-state index contributed by atoms with van der Waals surface area (Å²) in [6, 6.07) is 7.12. The average molecular weight is 238 g/mol. The minimum Gasteiger partial charge on any atom is -0.491 e. The Morgan fingerprint density at radius 3 is 2.94 bits per heavy atom. The highest BCUT2D eigenvalue weighted by atomic mass is 35.5. The second-order valence-electron chi connectivity index (χ2n) is 3.01. The van der Waals surface area contributed by atoms with Crippen molar-refractivity contribution in [2.75, 3.05) is 13.2 Å². The lowest BCUT2D eigenvalue weighted by Gasteiger charge is -2.07. The Morgan fingerprint density at radius 2 is 2.25 bits per heavy atom. The molecule has 0 saturated heterocycles. The maximum atomic E-state index is 11.2. The number of carbonyl (C=O) groups excluding carboxylic acids is 1. The first-order valence-corrected chi connectivity index (χ1v) is 5.19. The molecule has 0 aliphatic rings. The zero-order chi connectivity index (χ0) is 11.8. The first-order chi connectivity index (χ1) is 7.74. The standard InChI is InChI=1S/C12H12ClNO2/c1-2-8-14-12(15)7-9-16-11-6-4-3-5-10(11)13/h1,3-6H,7-9H2,(H,14,15). The van der Waals surface area contributed by atoms with Crippen molar-refractivity contribution in [3.63, 3.8) is 0 Å². The number of terminal acetylenes is 1. The van der Waals surface area contributed by atoms with Crippen molar-refractivity contribution in [3.8, 4) is 18.1 Å². The molecule has 3 nitrogen and oxygen atoms in total. The van der Waals surface area contributed by atoms with E-state index in [1.807, 2.05) is 12.1 Å². The van der Waals surface area contributed by atoms with Gasteiger partial charge < -0.3 is 10.1 Å². The predicted molar refractivity (Wildman–Crippen MR) is 63.4 cm³/mol. The molecule has 0 atom stereocenters. The lowest BCUT2D eigenvalue weighted by molar-refractivity contribution is -0.121. The molecule has 1 aromatic rings. The molecular weight excluding hydrogens is 226 g/mol. The topological polar surface area (TPSA) is 38.3 Å². The van der Waals surface area contributed by atoms with Gasteiger partial charge in [-0.3, -0.25) is 4.79 Å². The molecule has 0 unspecified atom stereocenters. The molecule has 1 amide bonds. The fourth-order valence-electron chi connectivity index (χ4n) is 1.05. The molecule has 1 N–H and O–H groups in total. The molecule has 4 heteroatoms. The van der Waals surface area contributed by atoms with Gasteiger partial charge in [0.1, 0.15) is 5.75 Å². The fraction of sp³-hybridized carbons (Fsp3) is 0.250. The summed E-state index contributed by atoms with van der Waals surface area (Å²) in [6.07, 6.45) is 5.26. The Bertz CT molecular complexity index is 398. The monoisotopic (exact) mass is 237 g/mol. The van der Waals surface area contributed by atoms with Crippen LogP contribution in [0.4, 0.5) is 0 Å². The van der Waals surface area contributed by atoms with E-state index < -0.39 is 0 Å². The van der Waals surface area contributed by atoms with E-state index in [4.69, 9.17) is 22.8 Å². The summed E-state index contributed by atoms with van der Waals surface area (Å²) < 4.78 is 5.34. The van der Waals surface area contributed by atoms with E-state index in [0.29, 0.717) is 10.8 Å². The van der Waals surface area contributed by atoms with Crippen molar-refractivity contribution in [1.29, 1.82) is 0 Å². The average Bonchev–Trinajstić information content (AvgIpc) is 2.29. The summed E-state index contributed by atoms with van der Waals surface area (Å²) in [7, 11) is 0. The van der Waals surface area contributed by atoms with E-state index in [-0.39, 0.29) is 25.5 Å². The van der Waals surface area contributed by atoms with Gasteiger partial charge >= 0.3 is 0 Å². The summed E-state index contributed by atoms with van der Waals surface area (Å²) in [5, 5.41) is 3.08. The molecule has 0 fully saturated rings. The minimum absolute atomic E-state index is 0.134. The number of amides is 1. The molecular formula is C12H12ClNO2. The Morgan fingerprint density at radius 1 is 1.50 bits per heavy atom. The van der Waals surface area contributed by atoms with Crippen LogP contribution in [0, 0.1) is 12.3 Å². The van der Waals surface area contributed by atoms with E-state index in [2.05, 4.69) is 11.2 Å². The van der Waals surface area contributed by atoms with E-state index in [9.17, 15) is 4.79 Å². The normalized spacial score (nSPS) is 9.25. The first kappa shape index (κ1) is 12.4. The number of hydrogen-bond donors (Lipinski definition) is 1. The van der Waals surface area contributed by atoms with Crippen LogP contribution < -0.4 is 10.1 Å². The fourth-order valence-corrected chi connectivity index (χ4v) is 1.24. The summed E-state index contributed by atoms with van der Waals surface area (Å²) in [4.78, 5) is 11.2. The summed E-state index contributed by atoms with van der Waals surface area (Å²) in [5.41, 5.74) is 0. The van der Waals surface area contributed by atoms with Gasteiger partial charge in [0.05, 0.1) is 24.6 Å². The van der Waals surface area contributed by atoms with Crippen LogP contribution in [0.3, 0.4) is 0 Å². The van der Waals surface area contributed by atoms with E-state index in [1.165, 1.54) is 0 Å². The third kappa shape index (κ3) is 4.24. The zero-order valence-corrected chi connectivity index (χ0v) is 9.46. The Kier molecular flexibility index (Phi) is 5.24. The zero-order valence-electron chi connectivity index (χ0n) is 8.70. The predicted octanol–water partition coefficient (Wildman–Crippen LogP) is 1.86. The van der Waals surface area contributed by atoms with Crippen LogP contribution in [0.1, 0.15) is 6.42 Å². The van der Waals surface area contributed by atoms with Gasteiger partial charge in [0, 0.05) is 0 Å². The quantitative estimate of drug-likeness (QED) is 0.794. The van der Waals surface area contributed by atoms with Crippen molar-refractivity contribution >= 4 is 17.5 Å². The van der Waals surface area contributed by atoms with Crippen molar-refractivity contribution in [2.45, 2.75) is 6.42 Å². The van der Waals surface area contributed by atoms with Crippen molar-refractivity contribution in [2.24, 2.45) is 0 Å². The minimum atomic E-state index is -0.134. The smallest absolute Gasteiger partial charge is 0.224 e. The summed E-state index contributed by atoms with van der Waals surface area (Å²) in [6.45, 7) is 0.519. The highest BCUT2D eigenvalue weighted by Crippen LogP contribution is 2.22. The molecule has 0 aliphatic carbocycles. The van der Waals surface area contributed by atoms with Gasteiger partial charge in [-0.2, -0.15) is 0 Å². The number of halogens is 1. The van der Waals surface area contributed by atoms with Crippen LogP contribution in [0.5, 0.6) is 5.75 Å². The van der Waals surface area contributed by atoms with Crippen LogP contribution in [-0.2, 0) is 4.79 Å². The van der Waals surface area contributed by atoms with Gasteiger partial charge in [0.15, 0.2) is 0 Å². The highest BCUT2D eigenvalue weighted by molar-refractivity contribution is 6.32. The van der Waals surface area contributed by atoms with Crippen LogP contribution in [0.2, 0.25) is 5.02 Å². The van der Waals surface area contributed by atoms with Crippen LogP contribution >= 0.6 is 11.6 Å². The molecule has 0 aromatic heterocycles. The van der Waals surface area contributed by atoms with Gasteiger partial charge in [-0.25, -0.2) is 0 Å². The molecule has 1 aromatic carbocycles. The van der Waals surface area contributed by atoms with Gasteiger partial charge in [0.2, 0.25) is 5.91 Å². The van der Waals surface area contributed by atoms with Gasteiger partial charge in [-0.1, -0.05) is 29.7 Å². The molecule has 0 heterocycles. The van der Waals surface area contributed by atoms with Crippen molar-refractivity contribution in [3.05, 3.63) is 29.3 Å². The van der Waals surface area contributed by atoms with Crippen molar-refractivity contribution < 1.29 is 9.53 Å². The number of hydrogen-bond acceptors (Lipinski definition) is 2. The largest absolute Gasteiger partial charge is 0.491 e. The molecule has 0 saturated carbocycles. The molecule has 16 heavy (non-hydrogen) atoms. The van der Waals surface area contributed by atoms with Crippen LogP contribution in [0.15, 0.2) is 24.3 Å². The Balaban J connectivity index is 2.29. The van der Waals surface area contributed by atoms with E-state index in [1.54, 1.807) is 12.1 Å². The molecule has 84 valence electrons. The first-order valence-electron chi connectivity index (χ1n) is 4.81.